The molecule has 0 radical (unpaired) electrons. The van der Waals surface area contributed by atoms with Crippen LogP contribution >= 0.6 is 11.3 Å². The third-order valence-corrected chi connectivity index (χ3v) is 4.10. The summed E-state index contributed by atoms with van der Waals surface area (Å²) in [6.07, 6.45) is 2.91. The normalized spacial score (nSPS) is 12.6. The summed E-state index contributed by atoms with van der Waals surface area (Å²) in [7, 11) is 0. The summed E-state index contributed by atoms with van der Waals surface area (Å²) < 4.78 is 0. The number of aryl methyl sites for hydroxylation is 2. The first-order valence-corrected chi connectivity index (χ1v) is 7.31. The monoisotopic (exact) mass is 260 g/mol. The average Bonchev–Trinajstić information content (AvgIpc) is 2.82. The van der Waals surface area contributed by atoms with Crippen LogP contribution in [-0.2, 0) is 6.42 Å². The number of hydrogen-bond donors (Lipinski definition) is 1. The van der Waals surface area contributed by atoms with Crippen molar-refractivity contribution in [2.45, 2.75) is 33.2 Å². The van der Waals surface area contributed by atoms with Crippen molar-refractivity contribution in [2.75, 3.05) is 6.54 Å². The second-order valence-electron chi connectivity index (χ2n) is 4.34. The van der Waals surface area contributed by atoms with Crippen LogP contribution in [0, 0.1) is 6.92 Å². The first-order chi connectivity index (χ1) is 8.76. The van der Waals surface area contributed by atoms with E-state index in [0.29, 0.717) is 0 Å². The number of nitrogens with zero attached hydrogens (tertiary/aromatic N) is 1. The Morgan fingerprint density at radius 3 is 2.72 bits per heavy atom. The smallest absolute Gasteiger partial charge is 0.0847 e. The topological polar surface area (TPSA) is 24.9 Å². The van der Waals surface area contributed by atoms with E-state index in [1.807, 2.05) is 23.6 Å². The lowest BCUT2D eigenvalue weighted by molar-refractivity contribution is 0.618. The molecule has 1 atom stereocenters. The first kappa shape index (κ1) is 13.2. The Morgan fingerprint density at radius 2 is 2.11 bits per heavy atom. The van der Waals surface area contributed by atoms with Crippen LogP contribution in [0.4, 0.5) is 0 Å². The minimum absolute atomic E-state index is 0.227. The van der Waals surface area contributed by atoms with Gasteiger partial charge in [-0.1, -0.05) is 19.9 Å². The molecule has 0 fully saturated rings. The van der Waals surface area contributed by atoms with E-state index < -0.39 is 0 Å². The summed E-state index contributed by atoms with van der Waals surface area (Å²) in [5.74, 6) is 0. The molecule has 2 heterocycles. The number of rotatable bonds is 5. The largest absolute Gasteiger partial charge is 0.305 e. The fourth-order valence-electron chi connectivity index (χ4n) is 2.15. The molecule has 2 aromatic heterocycles. The molecule has 1 N–H and O–H groups in total. The number of thiophene rings is 1. The van der Waals surface area contributed by atoms with Gasteiger partial charge in [-0.3, -0.25) is 4.98 Å². The Kier molecular flexibility index (Phi) is 4.50. The van der Waals surface area contributed by atoms with Crippen molar-refractivity contribution >= 4 is 11.3 Å². The maximum Gasteiger partial charge on any atom is 0.0847 e. The van der Waals surface area contributed by atoms with Gasteiger partial charge in [0, 0.05) is 16.0 Å². The molecule has 2 nitrogen and oxygen atoms in total. The molecule has 0 spiro atoms. The third-order valence-electron chi connectivity index (χ3n) is 3.03. The molecule has 0 aliphatic carbocycles. The van der Waals surface area contributed by atoms with Gasteiger partial charge in [-0.15, -0.1) is 11.3 Å². The first-order valence-electron chi connectivity index (χ1n) is 6.49. The van der Waals surface area contributed by atoms with Crippen molar-refractivity contribution in [1.29, 1.82) is 0 Å². The van der Waals surface area contributed by atoms with Gasteiger partial charge in [-0.05, 0) is 43.7 Å². The van der Waals surface area contributed by atoms with Crippen molar-refractivity contribution in [1.82, 2.24) is 10.3 Å². The van der Waals surface area contributed by atoms with Crippen molar-refractivity contribution < 1.29 is 0 Å². The molecule has 18 heavy (non-hydrogen) atoms. The predicted molar refractivity (Wildman–Crippen MR) is 78.2 cm³/mol. The summed E-state index contributed by atoms with van der Waals surface area (Å²) in [5.41, 5.74) is 2.50. The molecule has 0 aliphatic heterocycles. The zero-order valence-electron chi connectivity index (χ0n) is 11.2. The second kappa shape index (κ2) is 6.12. The molecule has 2 aromatic rings. The summed E-state index contributed by atoms with van der Waals surface area (Å²) in [5, 5.41) is 3.55. The highest BCUT2D eigenvalue weighted by Crippen LogP contribution is 2.29. The number of aromatic nitrogens is 1. The lowest BCUT2D eigenvalue weighted by Crippen LogP contribution is -2.23. The van der Waals surface area contributed by atoms with E-state index in [0.717, 1.165) is 13.0 Å². The average molecular weight is 260 g/mol. The van der Waals surface area contributed by atoms with Crippen molar-refractivity contribution in [3.63, 3.8) is 0 Å². The SMILES string of the molecule is CCNC(c1ccc(C)s1)c1ncccc1CC. The van der Waals surface area contributed by atoms with Crippen LogP contribution in [0.1, 0.15) is 40.9 Å². The van der Waals surface area contributed by atoms with Gasteiger partial charge in [0.2, 0.25) is 0 Å². The van der Waals surface area contributed by atoms with E-state index in [4.69, 9.17) is 0 Å². The highest BCUT2D eigenvalue weighted by molar-refractivity contribution is 7.12. The maximum atomic E-state index is 4.60. The van der Waals surface area contributed by atoms with Gasteiger partial charge in [0.1, 0.15) is 0 Å². The standard InChI is InChI=1S/C15H20N2S/c1-4-12-7-6-10-17-14(12)15(16-5-2)13-9-8-11(3)18-13/h6-10,15-16H,4-5H2,1-3H3. The highest BCUT2D eigenvalue weighted by Gasteiger charge is 2.18. The van der Waals surface area contributed by atoms with Crippen LogP contribution in [0.5, 0.6) is 0 Å². The number of hydrogen-bond acceptors (Lipinski definition) is 3. The predicted octanol–water partition coefficient (Wildman–Crippen LogP) is 3.71. The molecule has 0 bridgehead atoms. The fraction of sp³-hybridized carbons (Fsp3) is 0.400. The zero-order valence-corrected chi connectivity index (χ0v) is 12.1. The van der Waals surface area contributed by atoms with Gasteiger partial charge in [0.15, 0.2) is 0 Å². The van der Waals surface area contributed by atoms with E-state index in [1.165, 1.54) is 21.0 Å². The summed E-state index contributed by atoms with van der Waals surface area (Å²) in [6.45, 7) is 7.42. The van der Waals surface area contributed by atoms with Crippen molar-refractivity contribution in [2.24, 2.45) is 0 Å². The number of nitrogens with one attached hydrogen (secondary N) is 1. The highest BCUT2D eigenvalue weighted by atomic mass is 32.1. The maximum absolute atomic E-state index is 4.60. The van der Waals surface area contributed by atoms with Crippen LogP contribution in [0.25, 0.3) is 0 Å². The Balaban J connectivity index is 2.41. The lowest BCUT2D eigenvalue weighted by atomic mass is 10.0. The van der Waals surface area contributed by atoms with Crippen LogP contribution in [-0.4, -0.2) is 11.5 Å². The van der Waals surface area contributed by atoms with Crippen LogP contribution in [0.2, 0.25) is 0 Å². The van der Waals surface area contributed by atoms with Gasteiger partial charge in [0.25, 0.3) is 0 Å². The molecule has 0 saturated heterocycles. The zero-order chi connectivity index (χ0) is 13.0. The van der Waals surface area contributed by atoms with Gasteiger partial charge < -0.3 is 5.32 Å². The van der Waals surface area contributed by atoms with Gasteiger partial charge in [0.05, 0.1) is 11.7 Å². The van der Waals surface area contributed by atoms with Crippen molar-refractivity contribution in [3.8, 4) is 0 Å². The van der Waals surface area contributed by atoms with E-state index in [2.05, 4.69) is 49.3 Å². The Labute approximate surface area is 113 Å². The Hall–Kier alpha value is -1.19. The van der Waals surface area contributed by atoms with E-state index >= 15 is 0 Å². The van der Waals surface area contributed by atoms with E-state index in [9.17, 15) is 0 Å². The second-order valence-corrected chi connectivity index (χ2v) is 5.66. The molecule has 0 amide bonds. The van der Waals surface area contributed by atoms with E-state index in [1.54, 1.807) is 0 Å². The molecular weight excluding hydrogens is 240 g/mol. The molecule has 0 saturated carbocycles. The summed E-state index contributed by atoms with van der Waals surface area (Å²) >= 11 is 1.85. The molecule has 96 valence electrons. The molecule has 1 unspecified atom stereocenters. The third kappa shape index (κ3) is 2.79. The Bertz CT molecular complexity index is 505. The molecule has 3 heteroatoms. The fourth-order valence-corrected chi connectivity index (χ4v) is 3.11. The summed E-state index contributed by atoms with van der Waals surface area (Å²) in [6, 6.07) is 8.81. The summed E-state index contributed by atoms with van der Waals surface area (Å²) in [4.78, 5) is 7.30. The molecular formula is C15H20N2S. The minimum atomic E-state index is 0.227. The van der Waals surface area contributed by atoms with E-state index in [-0.39, 0.29) is 6.04 Å². The van der Waals surface area contributed by atoms with Crippen molar-refractivity contribution in [3.05, 3.63) is 51.5 Å². The van der Waals surface area contributed by atoms with Crippen LogP contribution in [0.15, 0.2) is 30.5 Å². The van der Waals surface area contributed by atoms with Crippen LogP contribution < -0.4 is 5.32 Å². The molecule has 0 aromatic carbocycles. The Morgan fingerprint density at radius 1 is 1.28 bits per heavy atom. The lowest BCUT2D eigenvalue weighted by Gasteiger charge is -2.18. The minimum Gasteiger partial charge on any atom is -0.305 e. The van der Waals surface area contributed by atoms with Gasteiger partial charge in [-0.25, -0.2) is 0 Å². The molecule has 0 aliphatic rings. The quantitative estimate of drug-likeness (QED) is 0.886. The van der Waals surface area contributed by atoms with Crippen LogP contribution in [0.3, 0.4) is 0 Å². The van der Waals surface area contributed by atoms with Gasteiger partial charge in [-0.2, -0.15) is 0 Å². The number of pyridine rings is 1. The molecule has 2 rings (SSSR count). The van der Waals surface area contributed by atoms with Gasteiger partial charge >= 0.3 is 0 Å².